The molecular formula is C11H12N2O. The molecule has 0 radical (unpaired) electrons. The summed E-state index contributed by atoms with van der Waals surface area (Å²) in [6.07, 6.45) is 0. The van der Waals surface area contributed by atoms with Crippen molar-refractivity contribution in [2.45, 2.75) is 20.8 Å². The third-order valence-electron chi connectivity index (χ3n) is 2.29. The van der Waals surface area contributed by atoms with Crippen molar-refractivity contribution in [3.05, 3.63) is 29.6 Å². The smallest absolute Gasteiger partial charge is 0.229 e. The number of carbonyl (C=O) groups excluding carboxylic acids is 1. The van der Waals surface area contributed by atoms with Gasteiger partial charge in [0.05, 0.1) is 11.0 Å². The standard InChI is InChI=1S/C11H12N2O/c1-7-4-5-11-10(6-7)12-8(2)13(11)9(3)14/h4-6H,1-3H3. The molecule has 0 fully saturated rings. The first-order valence-corrected chi connectivity index (χ1v) is 4.56. The SMILES string of the molecule is CC(=O)n1c(C)nc2cc(C)ccc21. The number of rotatable bonds is 0. The molecule has 1 aromatic carbocycles. The molecule has 0 unspecified atom stereocenters. The number of carbonyl (C=O) groups is 1. The third kappa shape index (κ3) is 1.21. The highest BCUT2D eigenvalue weighted by Gasteiger charge is 2.09. The van der Waals surface area contributed by atoms with Gasteiger partial charge in [-0.1, -0.05) is 6.07 Å². The molecule has 72 valence electrons. The molecule has 14 heavy (non-hydrogen) atoms. The lowest BCUT2D eigenvalue weighted by molar-refractivity contribution is 0.0939. The third-order valence-corrected chi connectivity index (χ3v) is 2.29. The van der Waals surface area contributed by atoms with Gasteiger partial charge in [-0.25, -0.2) is 4.98 Å². The predicted molar refractivity (Wildman–Crippen MR) is 55.5 cm³/mol. The first-order chi connectivity index (χ1) is 6.59. The van der Waals surface area contributed by atoms with Crippen LogP contribution in [0.4, 0.5) is 0 Å². The highest BCUT2D eigenvalue weighted by molar-refractivity contribution is 5.90. The van der Waals surface area contributed by atoms with E-state index >= 15 is 0 Å². The summed E-state index contributed by atoms with van der Waals surface area (Å²) in [7, 11) is 0. The fourth-order valence-electron chi connectivity index (χ4n) is 1.71. The topological polar surface area (TPSA) is 34.9 Å². The Labute approximate surface area is 82.4 Å². The number of benzene rings is 1. The van der Waals surface area contributed by atoms with Gasteiger partial charge in [-0.3, -0.25) is 9.36 Å². The molecule has 0 amide bonds. The maximum Gasteiger partial charge on any atom is 0.229 e. The van der Waals surface area contributed by atoms with Crippen LogP contribution in [0, 0.1) is 13.8 Å². The van der Waals surface area contributed by atoms with Gasteiger partial charge in [-0.15, -0.1) is 0 Å². The summed E-state index contributed by atoms with van der Waals surface area (Å²) in [5.74, 6) is 0.756. The summed E-state index contributed by atoms with van der Waals surface area (Å²) in [4.78, 5) is 15.7. The Kier molecular flexibility index (Phi) is 1.88. The molecule has 0 aliphatic heterocycles. The molecule has 0 aliphatic rings. The number of nitrogens with zero attached hydrogens (tertiary/aromatic N) is 2. The minimum absolute atomic E-state index is 0.00820. The van der Waals surface area contributed by atoms with Gasteiger partial charge in [0.25, 0.3) is 0 Å². The molecule has 2 aromatic rings. The van der Waals surface area contributed by atoms with E-state index in [0.29, 0.717) is 0 Å². The summed E-state index contributed by atoms with van der Waals surface area (Å²) in [6, 6.07) is 5.91. The van der Waals surface area contributed by atoms with E-state index in [1.54, 1.807) is 11.5 Å². The Bertz CT molecular complexity index is 511. The summed E-state index contributed by atoms with van der Waals surface area (Å²) >= 11 is 0. The van der Waals surface area contributed by atoms with E-state index in [0.717, 1.165) is 22.4 Å². The van der Waals surface area contributed by atoms with Crippen molar-refractivity contribution in [1.82, 2.24) is 9.55 Å². The summed E-state index contributed by atoms with van der Waals surface area (Å²) in [6.45, 7) is 5.41. The molecule has 3 heteroatoms. The van der Waals surface area contributed by atoms with E-state index in [4.69, 9.17) is 0 Å². The van der Waals surface area contributed by atoms with Crippen LogP contribution in [0.1, 0.15) is 23.1 Å². The van der Waals surface area contributed by atoms with Crippen LogP contribution in [0.5, 0.6) is 0 Å². The fourth-order valence-corrected chi connectivity index (χ4v) is 1.71. The molecule has 0 atom stereocenters. The summed E-state index contributed by atoms with van der Waals surface area (Å²) < 4.78 is 1.63. The Hall–Kier alpha value is -1.64. The van der Waals surface area contributed by atoms with Gasteiger partial charge >= 0.3 is 0 Å². The van der Waals surface area contributed by atoms with E-state index in [1.807, 2.05) is 32.0 Å². The molecule has 1 heterocycles. The molecule has 0 bridgehead atoms. The van der Waals surface area contributed by atoms with Crippen LogP contribution in [0.15, 0.2) is 18.2 Å². The Morgan fingerprint density at radius 2 is 2.07 bits per heavy atom. The van der Waals surface area contributed by atoms with Crippen LogP contribution in [0.25, 0.3) is 11.0 Å². The molecule has 3 nitrogen and oxygen atoms in total. The van der Waals surface area contributed by atoms with E-state index < -0.39 is 0 Å². The highest BCUT2D eigenvalue weighted by atomic mass is 16.1. The second-order valence-electron chi connectivity index (χ2n) is 3.51. The number of fused-ring (bicyclic) bond motifs is 1. The zero-order chi connectivity index (χ0) is 10.3. The van der Waals surface area contributed by atoms with Crippen molar-refractivity contribution in [3.8, 4) is 0 Å². The Morgan fingerprint density at radius 3 is 2.71 bits per heavy atom. The van der Waals surface area contributed by atoms with Gasteiger partial charge in [-0.2, -0.15) is 0 Å². The van der Waals surface area contributed by atoms with Crippen molar-refractivity contribution >= 4 is 16.9 Å². The molecule has 0 aliphatic carbocycles. The Morgan fingerprint density at radius 1 is 1.36 bits per heavy atom. The number of hydrogen-bond donors (Lipinski definition) is 0. The quantitative estimate of drug-likeness (QED) is 0.636. The van der Waals surface area contributed by atoms with Gasteiger partial charge in [0.2, 0.25) is 5.91 Å². The van der Waals surface area contributed by atoms with Crippen LogP contribution in [0.2, 0.25) is 0 Å². The average molecular weight is 188 g/mol. The number of aromatic nitrogens is 2. The summed E-state index contributed by atoms with van der Waals surface area (Å²) in [5.41, 5.74) is 2.93. The zero-order valence-electron chi connectivity index (χ0n) is 8.53. The summed E-state index contributed by atoms with van der Waals surface area (Å²) in [5, 5.41) is 0. The number of aryl methyl sites for hydroxylation is 2. The molecular weight excluding hydrogens is 176 g/mol. The lowest BCUT2D eigenvalue weighted by Gasteiger charge is -1.99. The van der Waals surface area contributed by atoms with Gasteiger partial charge in [0.15, 0.2) is 0 Å². The van der Waals surface area contributed by atoms with Gasteiger partial charge in [0, 0.05) is 6.92 Å². The van der Waals surface area contributed by atoms with E-state index in [9.17, 15) is 4.79 Å². The van der Waals surface area contributed by atoms with Crippen LogP contribution < -0.4 is 0 Å². The first-order valence-electron chi connectivity index (χ1n) is 4.56. The maximum absolute atomic E-state index is 11.3. The second kappa shape index (κ2) is 2.94. The van der Waals surface area contributed by atoms with Crippen molar-refractivity contribution in [1.29, 1.82) is 0 Å². The van der Waals surface area contributed by atoms with Crippen LogP contribution in [-0.4, -0.2) is 15.5 Å². The largest absolute Gasteiger partial charge is 0.274 e. The molecule has 0 N–H and O–H groups in total. The van der Waals surface area contributed by atoms with Gasteiger partial charge in [0.1, 0.15) is 5.82 Å². The van der Waals surface area contributed by atoms with Gasteiger partial charge < -0.3 is 0 Å². The molecule has 2 rings (SSSR count). The maximum atomic E-state index is 11.3. The number of hydrogen-bond acceptors (Lipinski definition) is 2. The second-order valence-corrected chi connectivity index (χ2v) is 3.51. The minimum Gasteiger partial charge on any atom is -0.274 e. The van der Waals surface area contributed by atoms with E-state index in [2.05, 4.69) is 4.98 Å². The van der Waals surface area contributed by atoms with Crippen molar-refractivity contribution in [2.24, 2.45) is 0 Å². The fraction of sp³-hybridized carbons (Fsp3) is 0.273. The lowest BCUT2D eigenvalue weighted by atomic mass is 10.2. The van der Waals surface area contributed by atoms with Crippen LogP contribution in [-0.2, 0) is 0 Å². The monoisotopic (exact) mass is 188 g/mol. The van der Waals surface area contributed by atoms with Crippen molar-refractivity contribution in [2.75, 3.05) is 0 Å². The van der Waals surface area contributed by atoms with Crippen LogP contribution in [0.3, 0.4) is 0 Å². The molecule has 0 saturated carbocycles. The average Bonchev–Trinajstić information content (AvgIpc) is 2.39. The van der Waals surface area contributed by atoms with E-state index in [-0.39, 0.29) is 5.91 Å². The first kappa shape index (κ1) is 8.94. The molecule has 1 aromatic heterocycles. The van der Waals surface area contributed by atoms with E-state index in [1.165, 1.54) is 0 Å². The minimum atomic E-state index is 0.00820. The van der Waals surface area contributed by atoms with Crippen molar-refractivity contribution in [3.63, 3.8) is 0 Å². The van der Waals surface area contributed by atoms with Crippen LogP contribution >= 0.6 is 0 Å². The lowest BCUT2D eigenvalue weighted by Crippen LogP contribution is -2.06. The number of imidazole rings is 1. The normalized spacial score (nSPS) is 10.8. The van der Waals surface area contributed by atoms with Gasteiger partial charge in [-0.05, 0) is 31.5 Å². The highest BCUT2D eigenvalue weighted by Crippen LogP contribution is 2.16. The molecule has 0 saturated heterocycles. The predicted octanol–water partition coefficient (Wildman–Crippen LogP) is 2.31. The molecule has 0 spiro atoms. The Balaban J connectivity index is 2.84. The zero-order valence-corrected chi connectivity index (χ0v) is 8.53. The van der Waals surface area contributed by atoms with Crippen molar-refractivity contribution < 1.29 is 4.79 Å².